The topological polar surface area (TPSA) is 31.4 Å². The zero-order valence-corrected chi connectivity index (χ0v) is 16.9. The van der Waals surface area contributed by atoms with Crippen LogP contribution in [-0.4, -0.2) is 54.6 Å². The Labute approximate surface area is 168 Å². The van der Waals surface area contributed by atoms with Gasteiger partial charge in [-0.25, -0.2) is 0 Å². The molecule has 2 aromatic carbocycles. The molecule has 28 heavy (non-hydrogen) atoms. The van der Waals surface area contributed by atoms with E-state index in [0.717, 1.165) is 50.5 Å². The molecule has 3 aromatic rings. The lowest BCUT2D eigenvalue weighted by Crippen LogP contribution is -2.48. The van der Waals surface area contributed by atoms with Crippen LogP contribution in [0.25, 0.3) is 10.9 Å². The molecular formula is C24H30N4. The van der Waals surface area contributed by atoms with E-state index in [4.69, 9.17) is 0 Å². The average Bonchev–Trinajstić information content (AvgIpc) is 2.72. The summed E-state index contributed by atoms with van der Waals surface area (Å²) in [7, 11) is 2.22. The van der Waals surface area contributed by atoms with Crippen molar-refractivity contribution in [3.63, 3.8) is 0 Å². The largest absolute Gasteiger partial charge is 0.311 e. The number of pyridine rings is 1. The first-order valence-electron chi connectivity index (χ1n) is 10.2. The first-order chi connectivity index (χ1) is 13.7. The Morgan fingerprint density at radius 3 is 2.68 bits per heavy atom. The van der Waals surface area contributed by atoms with Crippen LogP contribution in [0.4, 0.5) is 0 Å². The van der Waals surface area contributed by atoms with Crippen LogP contribution in [0.5, 0.6) is 0 Å². The number of benzene rings is 2. The summed E-state index contributed by atoms with van der Waals surface area (Å²) in [5, 5.41) is 4.92. The Bertz CT molecular complexity index is 909. The van der Waals surface area contributed by atoms with Gasteiger partial charge in [-0.2, -0.15) is 0 Å². The molecule has 1 N–H and O–H groups in total. The van der Waals surface area contributed by atoms with Crippen LogP contribution in [0.2, 0.25) is 0 Å². The van der Waals surface area contributed by atoms with Gasteiger partial charge in [0.2, 0.25) is 0 Å². The highest BCUT2D eigenvalue weighted by molar-refractivity contribution is 5.82. The average molecular weight is 375 g/mol. The highest BCUT2D eigenvalue weighted by atomic mass is 15.3. The van der Waals surface area contributed by atoms with Crippen LogP contribution in [0.15, 0.2) is 60.7 Å². The molecule has 1 atom stereocenters. The Hall–Kier alpha value is -2.27. The van der Waals surface area contributed by atoms with E-state index in [1.54, 1.807) is 0 Å². The molecule has 0 radical (unpaired) electrons. The van der Waals surface area contributed by atoms with Crippen molar-refractivity contribution in [3.05, 3.63) is 77.5 Å². The summed E-state index contributed by atoms with van der Waals surface area (Å²) in [6.45, 7) is 8.36. The first-order valence-corrected chi connectivity index (χ1v) is 10.2. The minimum absolute atomic E-state index is 0.478. The van der Waals surface area contributed by atoms with Crippen LogP contribution in [0.3, 0.4) is 0 Å². The second-order valence-electron chi connectivity index (χ2n) is 7.84. The second-order valence-corrected chi connectivity index (χ2v) is 7.84. The van der Waals surface area contributed by atoms with Gasteiger partial charge in [0.1, 0.15) is 0 Å². The van der Waals surface area contributed by atoms with Crippen LogP contribution in [-0.2, 0) is 6.54 Å². The van der Waals surface area contributed by atoms with Gasteiger partial charge >= 0.3 is 0 Å². The fourth-order valence-corrected chi connectivity index (χ4v) is 4.20. The van der Waals surface area contributed by atoms with E-state index in [1.165, 1.54) is 16.5 Å². The second kappa shape index (κ2) is 8.82. The summed E-state index contributed by atoms with van der Waals surface area (Å²) < 4.78 is 0. The van der Waals surface area contributed by atoms with Crippen molar-refractivity contribution in [1.82, 2.24) is 20.1 Å². The third-order valence-electron chi connectivity index (χ3n) is 5.70. The summed E-state index contributed by atoms with van der Waals surface area (Å²) in [6, 6.07) is 22.0. The van der Waals surface area contributed by atoms with Crippen molar-refractivity contribution in [2.45, 2.75) is 19.5 Å². The first kappa shape index (κ1) is 19.1. The van der Waals surface area contributed by atoms with Crippen LogP contribution >= 0.6 is 0 Å². The van der Waals surface area contributed by atoms with Gasteiger partial charge in [-0.05, 0) is 37.2 Å². The molecule has 0 spiro atoms. The summed E-state index contributed by atoms with van der Waals surface area (Å²) >= 11 is 0. The number of likely N-dealkylation sites (N-methyl/N-ethyl adjacent to an activating group) is 1. The lowest BCUT2D eigenvalue weighted by molar-refractivity contribution is 0.0906. The molecule has 4 rings (SSSR count). The maximum absolute atomic E-state index is 4.65. The standard InChI is InChI=1S/C24H30N4/c1-19-16-21(22-10-6-7-11-23(22)26-19)17-25-12-13-28-15-14-27(2)18-24(28)20-8-4-3-5-9-20/h3-11,16,24-25H,12-15,17-18H2,1-2H3. The number of hydrogen-bond donors (Lipinski definition) is 1. The quantitative estimate of drug-likeness (QED) is 0.668. The molecule has 1 aliphatic rings. The van der Waals surface area contributed by atoms with Crippen molar-refractivity contribution in [2.24, 2.45) is 0 Å². The van der Waals surface area contributed by atoms with E-state index < -0.39 is 0 Å². The lowest BCUT2D eigenvalue weighted by atomic mass is 10.0. The smallest absolute Gasteiger partial charge is 0.0708 e. The number of nitrogens with zero attached hydrogens (tertiary/aromatic N) is 3. The molecule has 0 saturated carbocycles. The molecule has 1 aliphatic heterocycles. The summed E-state index contributed by atoms with van der Waals surface area (Å²) in [5.74, 6) is 0. The van der Waals surface area contributed by atoms with Crippen molar-refractivity contribution < 1.29 is 0 Å². The number of rotatable bonds is 6. The number of aromatic nitrogens is 1. The molecule has 1 aromatic heterocycles. The molecule has 0 amide bonds. The maximum atomic E-state index is 4.65. The normalized spacial score (nSPS) is 18.6. The van der Waals surface area contributed by atoms with Gasteiger partial charge in [0.25, 0.3) is 0 Å². The van der Waals surface area contributed by atoms with Crippen molar-refractivity contribution in [2.75, 3.05) is 39.8 Å². The highest BCUT2D eigenvalue weighted by Crippen LogP contribution is 2.24. The third kappa shape index (κ3) is 4.41. The Balaban J connectivity index is 1.38. The number of nitrogens with one attached hydrogen (secondary N) is 1. The number of para-hydroxylation sites is 1. The number of fused-ring (bicyclic) bond motifs is 1. The number of hydrogen-bond acceptors (Lipinski definition) is 4. The fourth-order valence-electron chi connectivity index (χ4n) is 4.20. The summed E-state index contributed by atoms with van der Waals surface area (Å²) in [6.07, 6.45) is 0. The molecule has 1 saturated heterocycles. The predicted molar refractivity (Wildman–Crippen MR) is 116 cm³/mol. The zero-order chi connectivity index (χ0) is 19.3. The van der Waals surface area contributed by atoms with Crippen molar-refractivity contribution >= 4 is 10.9 Å². The zero-order valence-electron chi connectivity index (χ0n) is 16.9. The van der Waals surface area contributed by atoms with E-state index in [2.05, 4.69) is 94.7 Å². The van der Waals surface area contributed by atoms with Gasteiger partial charge in [-0.1, -0.05) is 48.5 Å². The third-order valence-corrected chi connectivity index (χ3v) is 5.70. The number of piperazine rings is 1. The van der Waals surface area contributed by atoms with Gasteiger partial charge in [-0.3, -0.25) is 9.88 Å². The predicted octanol–water partition coefficient (Wildman–Crippen LogP) is 3.62. The van der Waals surface area contributed by atoms with Gasteiger partial charge in [0, 0.05) is 56.4 Å². The van der Waals surface area contributed by atoms with Crippen molar-refractivity contribution in [1.29, 1.82) is 0 Å². The Morgan fingerprint density at radius 2 is 1.82 bits per heavy atom. The molecule has 0 aliphatic carbocycles. The summed E-state index contributed by atoms with van der Waals surface area (Å²) in [4.78, 5) is 9.71. The molecule has 2 heterocycles. The van der Waals surface area contributed by atoms with Crippen LogP contribution < -0.4 is 5.32 Å². The molecule has 0 bridgehead atoms. The monoisotopic (exact) mass is 374 g/mol. The van der Waals surface area contributed by atoms with Gasteiger partial charge < -0.3 is 10.2 Å². The van der Waals surface area contributed by atoms with E-state index in [-0.39, 0.29) is 0 Å². The van der Waals surface area contributed by atoms with E-state index in [1.807, 2.05) is 0 Å². The van der Waals surface area contributed by atoms with Crippen molar-refractivity contribution in [3.8, 4) is 0 Å². The fraction of sp³-hybridized carbons (Fsp3) is 0.375. The van der Waals surface area contributed by atoms with Gasteiger partial charge in [0.15, 0.2) is 0 Å². The molecule has 4 heteroatoms. The van der Waals surface area contributed by atoms with E-state index >= 15 is 0 Å². The molecule has 4 nitrogen and oxygen atoms in total. The molecule has 1 fully saturated rings. The highest BCUT2D eigenvalue weighted by Gasteiger charge is 2.25. The minimum Gasteiger partial charge on any atom is -0.311 e. The SMILES string of the molecule is Cc1cc(CNCCN2CCN(C)CC2c2ccccc2)c2ccccc2n1. The van der Waals surface area contributed by atoms with Crippen LogP contribution in [0.1, 0.15) is 22.9 Å². The van der Waals surface area contributed by atoms with E-state index in [9.17, 15) is 0 Å². The molecular weight excluding hydrogens is 344 g/mol. The molecule has 146 valence electrons. The number of aryl methyl sites for hydroxylation is 1. The minimum atomic E-state index is 0.478. The maximum Gasteiger partial charge on any atom is 0.0708 e. The lowest BCUT2D eigenvalue weighted by Gasteiger charge is -2.40. The van der Waals surface area contributed by atoms with Crippen LogP contribution in [0, 0.1) is 6.92 Å². The Kier molecular flexibility index (Phi) is 6.01. The Morgan fingerprint density at radius 1 is 1.04 bits per heavy atom. The van der Waals surface area contributed by atoms with Gasteiger partial charge in [-0.15, -0.1) is 0 Å². The van der Waals surface area contributed by atoms with Gasteiger partial charge in [0.05, 0.1) is 5.52 Å². The molecule has 1 unspecified atom stereocenters. The summed E-state index contributed by atoms with van der Waals surface area (Å²) in [5.41, 5.74) is 4.92. The van der Waals surface area contributed by atoms with E-state index in [0.29, 0.717) is 6.04 Å².